The van der Waals surface area contributed by atoms with Gasteiger partial charge in [-0.3, -0.25) is 0 Å². The van der Waals surface area contributed by atoms with Crippen molar-refractivity contribution in [3.05, 3.63) is 35.0 Å². The predicted molar refractivity (Wildman–Crippen MR) is 53.4 cm³/mol. The minimum atomic E-state index is 0. The largest absolute Gasteiger partial charge is 2.00 e. The molecular weight excluding hydrogens is 344 g/mol. The van der Waals surface area contributed by atoms with Crippen LogP contribution in [0.2, 0.25) is 0 Å². The van der Waals surface area contributed by atoms with Crippen LogP contribution in [0.15, 0.2) is 35.0 Å². The first kappa shape index (κ1) is 16.6. The van der Waals surface area contributed by atoms with Crippen LogP contribution in [0.1, 0.15) is 0 Å². The topological polar surface area (TPSA) is 0 Å². The third-order valence-electron chi connectivity index (χ3n) is 1.29. The van der Waals surface area contributed by atoms with E-state index in [1.54, 1.807) is 22.7 Å². The van der Waals surface area contributed by atoms with Crippen molar-refractivity contribution in [3.63, 3.8) is 0 Å². The summed E-state index contributed by atoms with van der Waals surface area (Å²) in [4.78, 5) is 2.74. The summed E-state index contributed by atoms with van der Waals surface area (Å²) in [5.74, 6) is 0. The van der Waals surface area contributed by atoms with E-state index >= 15 is 0 Å². The quantitative estimate of drug-likeness (QED) is 0.485. The average molecular weight is 350 g/mol. The fourth-order valence-corrected chi connectivity index (χ4v) is 2.42. The second kappa shape index (κ2) is 8.44. The fraction of sp³-hybridized carbons (Fsp3) is 0. The van der Waals surface area contributed by atoms with Gasteiger partial charge in [0.15, 0.2) is 0 Å². The summed E-state index contributed by atoms with van der Waals surface area (Å²) in [5.41, 5.74) is 0. The van der Waals surface area contributed by atoms with Gasteiger partial charge < -0.3 is 34.0 Å². The van der Waals surface area contributed by atoms with Crippen molar-refractivity contribution in [3.8, 4) is 9.75 Å². The van der Waals surface area contributed by atoms with Crippen molar-refractivity contribution in [2.75, 3.05) is 0 Å². The molecule has 2 aromatic rings. The second-order valence-electron chi connectivity index (χ2n) is 1.95. The Kier molecular flexibility index (Phi) is 10.7. The minimum Gasteiger partial charge on any atom is -1.00 e. The van der Waals surface area contributed by atoms with E-state index in [9.17, 15) is 0 Å². The van der Waals surface area contributed by atoms with Gasteiger partial charge in [-0.2, -0.15) is 0 Å². The first-order valence-corrected chi connectivity index (χ1v) is 4.80. The van der Waals surface area contributed by atoms with E-state index in [1.165, 1.54) is 9.75 Å². The maximum absolute atomic E-state index is 2.15. The summed E-state index contributed by atoms with van der Waals surface area (Å²) >= 11 is 3.58. The van der Waals surface area contributed by atoms with Gasteiger partial charge in [0, 0.05) is 9.75 Å². The fourth-order valence-electron chi connectivity index (χ4n) is 0.838. The monoisotopic (exact) mass is 348 g/mol. The second-order valence-corrected chi connectivity index (χ2v) is 3.85. The maximum Gasteiger partial charge on any atom is 2.00 e. The van der Waals surface area contributed by atoms with E-state index in [0.29, 0.717) is 0 Å². The SMILES string of the molecule is [Br-].[Br-].[Mg+2].c1csc(-c2cccs2)c1. The molecule has 0 aliphatic rings. The van der Waals surface area contributed by atoms with Gasteiger partial charge in [-0.15, -0.1) is 22.7 Å². The third kappa shape index (κ3) is 4.44. The molecule has 0 spiro atoms. The first-order valence-electron chi connectivity index (χ1n) is 3.04. The van der Waals surface area contributed by atoms with Crippen molar-refractivity contribution in [2.45, 2.75) is 0 Å². The molecule has 0 unspecified atom stereocenters. The van der Waals surface area contributed by atoms with E-state index in [0.717, 1.165) is 0 Å². The van der Waals surface area contributed by atoms with Crippen LogP contribution in [0.3, 0.4) is 0 Å². The van der Waals surface area contributed by atoms with Crippen molar-refractivity contribution >= 4 is 45.7 Å². The molecule has 0 saturated carbocycles. The van der Waals surface area contributed by atoms with E-state index in [1.807, 2.05) is 0 Å². The summed E-state index contributed by atoms with van der Waals surface area (Å²) in [5, 5.41) is 4.21. The zero-order valence-corrected chi connectivity index (χ0v) is 13.0. The molecule has 0 fully saturated rings. The number of hydrogen-bond acceptors (Lipinski definition) is 2. The van der Waals surface area contributed by atoms with Crippen molar-refractivity contribution in [1.82, 2.24) is 0 Å². The molecule has 0 radical (unpaired) electrons. The standard InChI is InChI=1S/C8H6S2.2BrH.Mg/c1-3-7(9-5-1)8-4-2-6-10-8;;;/h1-6H;2*1H;/q;;;+2/p-2. The normalized spacial score (nSPS) is 7.69. The summed E-state index contributed by atoms with van der Waals surface area (Å²) in [6.45, 7) is 0. The van der Waals surface area contributed by atoms with Crippen LogP contribution >= 0.6 is 22.7 Å². The summed E-state index contributed by atoms with van der Waals surface area (Å²) in [6, 6.07) is 8.46. The Bertz CT molecular complexity index is 260. The van der Waals surface area contributed by atoms with Crippen LogP contribution in [0.25, 0.3) is 9.75 Å². The zero-order chi connectivity index (χ0) is 6.81. The molecule has 0 amide bonds. The molecule has 0 aliphatic carbocycles. The van der Waals surface area contributed by atoms with Crippen molar-refractivity contribution in [2.24, 2.45) is 0 Å². The molecule has 2 heterocycles. The molecule has 2 rings (SSSR count). The molecule has 13 heavy (non-hydrogen) atoms. The molecule has 0 nitrogen and oxygen atoms in total. The maximum atomic E-state index is 2.15. The van der Waals surface area contributed by atoms with Gasteiger partial charge in [-0.05, 0) is 22.9 Å². The van der Waals surface area contributed by atoms with Crippen molar-refractivity contribution in [1.29, 1.82) is 0 Å². The van der Waals surface area contributed by atoms with E-state index in [4.69, 9.17) is 0 Å². The molecule has 66 valence electrons. The Balaban J connectivity index is 0. The number of thiophene rings is 2. The van der Waals surface area contributed by atoms with Gasteiger partial charge in [0.2, 0.25) is 0 Å². The van der Waals surface area contributed by atoms with E-state index < -0.39 is 0 Å². The number of rotatable bonds is 1. The van der Waals surface area contributed by atoms with Gasteiger partial charge in [0.05, 0.1) is 0 Å². The smallest absolute Gasteiger partial charge is 1.00 e. The Morgan fingerprint density at radius 1 is 0.769 bits per heavy atom. The molecule has 5 heteroatoms. The van der Waals surface area contributed by atoms with Crippen LogP contribution in [0.5, 0.6) is 0 Å². The van der Waals surface area contributed by atoms with E-state index in [2.05, 4.69) is 35.0 Å². The first-order chi connectivity index (χ1) is 4.97. The molecule has 2 aromatic heterocycles. The Hall–Kier alpha value is 1.13. The molecular formula is C8H6Br2MgS2. The van der Waals surface area contributed by atoms with Gasteiger partial charge >= 0.3 is 23.1 Å². The third-order valence-corrected chi connectivity index (χ3v) is 3.22. The number of halogens is 2. The molecule has 0 N–H and O–H groups in total. The summed E-state index contributed by atoms with van der Waals surface area (Å²) < 4.78 is 0. The molecule has 0 saturated heterocycles. The zero-order valence-electron chi connectivity index (χ0n) is 6.74. The Morgan fingerprint density at radius 2 is 1.15 bits per heavy atom. The van der Waals surface area contributed by atoms with Gasteiger partial charge in [-0.1, -0.05) is 12.1 Å². The molecule has 0 bridgehead atoms. The Labute approximate surface area is 123 Å². The average Bonchev–Trinajstić information content (AvgIpc) is 2.59. The molecule has 0 atom stereocenters. The molecule has 0 aliphatic heterocycles. The Morgan fingerprint density at radius 3 is 1.38 bits per heavy atom. The van der Waals surface area contributed by atoms with Gasteiger partial charge in [0.1, 0.15) is 0 Å². The van der Waals surface area contributed by atoms with E-state index in [-0.39, 0.29) is 57.0 Å². The molecule has 0 aromatic carbocycles. The van der Waals surface area contributed by atoms with Crippen molar-refractivity contribution < 1.29 is 34.0 Å². The van der Waals surface area contributed by atoms with Crippen LogP contribution < -0.4 is 34.0 Å². The summed E-state index contributed by atoms with van der Waals surface area (Å²) in [7, 11) is 0. The van der Waals surface area contributed by atoms with Crippen LogP contribution in [0.4, 0.5) is 0 Å². The van der Waals surface area contributed by atoms with Crippen LogP contribution in [0, 0.1) is 0 Å². The van der Waals surface area contributed by atoms with Gasteiger partial charge in [0.25, 0.3) is 0 Å². The predicted octanol–water partition coefficient (Wildman–Crippen LogP) is -2.90. The minimum absolute atomic E-state index is 0. The van der Waals surface area contributed by atoms with Gasteiger partial charge in [-0.25, -0.2) is 0 Å². The van der Waals surface area contributed by atoms with Crippen LogP contribution in [-0.4, -0.2) is 23.1 Å². The van der Waals surface area contributed by atoms with Crippen LogP contribution in [-0.2, 0) is 0 Å². The number of hydrogen-bond donors (Lipinski definition) is 0. The summed E-state index contributed by atoms with van der Waals surface area (Å²) in [6.07, 6.45) is 0.